The van der Waals surface area contributed by atoms with Gasteiger partial charge >= 0.3 is 6.09 Å². The van der Waals surface area contributed by atoms with Gasteiger partial charge in [0.15, 0.2) is 0 Å². The van der Waals surface area contributed by atoms with Gasteiger partial charge in [-0.1, -0.05) is 50.1 Å². The van der Waals surface area contributed by atoms with E-state index in [1.165, 1.54) is 0 Å². The van der Waals surface area contributed by atoms with Gasteiger partial charge in [0.2, 0.25) is 11.8 Å². The number of benzene rings is 1. The molecule has 0 heterocycles. The lowest BCUT2D eigenvalue weighted by molar-refractivity contribution is -0.146. The Hall–Kier alpha value is -2.57. The summed E-state index contributed by atoms with van der Waals surface area (Å²) in [7, 11) is 0. The molecule has 0 radical (unpaired) electrons. The van der Waals surface area contributed by atoms with Crippen LogP contribution in [0, 0.1) is 12.8 Å². The minimum atomic E-state index is -0.848. The molecule has 1 aromatic carbocycles. The molecule has 0 spiro atoms. The van der Waals surface area contributed by atoms with Crippen molar-refractivity contribution in [1.82, 2.24) is 15.5 Å². The SMILES string of the molecule is CCC(C)C(NC(=O)OC(C)(C)C)C(=O)N(C(C)C)C(C(=O)NC(C)(C)C)c1ccc(C)cc1. The number of amides is 3. The lowest BCUT2D eigenvalue weighted by Crippen LogP contribution is -2.58. The highest BCUT2D eigenvalue weighted by atomic mass is 16.6. The Bertz CT molecular complexity index is 835. The molecule has 0 saturated carbocycles. The molecular formula is C27H45N3O4. The zero-order chi connectivity index (χ0) is 26.4. The van der Waals surface area contributed by atoms with E-state index in [0.717, 1.165) is 11.1 Å². The molecule has 0 bridgehead atoms. The second-order valence-corrected chi connectivity index (χ2v) is 11.4. The zero-order valence-electron chi connectivity index (χ0n) is 22.9. The van der Waals surface area contributed by atoms with Crippen molar-refractivity contribution in [2.45, 2.75) is 112 Å². The number of rotatable bonds is 8. The molecule has 0 fully saturated rings. The van der Waals surface area contributed by atoms with Crippen LogP contribution in [0.15, 0.2) is 24.3 Å². The van der Waals surface area contributed by atoms with Crippen molar-refractivity contribution in [2.75, 3.05) is 0 Å². The fourth-order valence-electron chi connectivity index (χ4n) is 3.58. The zero-order valence-corrected chi connectivity index (χ0v) is 22.9. The largest absolute Gasteiger partial charge is 0.444 e. The van der Waals surface area contributed by atoms with Crippen LogP contribution in [0.4, 0.5) is 4.79 Å². The maximum absolute atomic E-state index is 14.0. The number of ether oxygens (including phenoxy) is 1. The summed E-state index contributed by atoms with van der Waals surface area (Å²) >= 11 is 0. The second-order valence-electron chi connectivity index (χ2n) is 11.4. The van der Waals surface area contributed by atoms with E-state index >= 15 is 0 Å². The number of carbonyl (C=O) groups excluding carboxylic acids is 3. The first-order chi connectivity index (χ1) is 15.5. The monoisotopic (exact) mass is 475 g/mol. The van der Waals surface area contributed by atoms with Gasteiger partial charge in [-0.15, -0.1) is 0 Å². The molecule has 0 aliphatic rings. The number of alkyl carbamates (subject to hydrolysis) is 1. The summed E-state index contributed by atoms with van der Waals surface area (Å²) in [5, 5.41) is 5.81. The molecule has 1 aromatic rings. The first-order valence-electron chi connectivity index (χ1n) is 12.2. The molecule has 7 nitrogen and oxygen atoms in total. The van der Waals surface area contributed by atoms with E-state index in [-0.39, 0.29) is 23.8 Å². The van der Waals surface area contributed by atoms with Gasteiger partial charge in [-0.25, -0.2) is 4.79 Å². The van der Waals surface area contributed by atoms with Gasteiger partial charge in [0.05, 0.1) is 0 Å². The van der Waals surface area contributed by atoms with Gasteiger partial charge in [0.1, 0.15) is 17.7 Å². The van der Waals surface area contributed by atoms with E-state index in [1.807, 2.05) is 79.7 Å². The Balaban J connectivity index is 3.50. The van der Waals surface area contributed by atoms with Crippen LogP contribution in [0.3, 0.4) is 0 Å². The van der Waals surface area contributed by atoms with Crippen LogP contribution < -0.4 is 10.6 Å². The van der Waals surface area contributed by atoms with Crippen molar-refractivity contribution in [3.63, 3.8) is 0 Å². The summed E-state index contributed by atoms with van der Waals surface area (Å²) in [6, 6.07) is 5.64. The number of nitrogens with one attached hydrogen (secondary N) is 2. The molecule has 2 N–H and O–H groups in total. The van der Waals surface area contributed by atoms with Crippen molar-refractivity contribution < 1.29 is 19.1 Å². The van der Waals surface area contributed by atoms with Crippen molar-refractivity contribution in [3.05, 3.63) is 35.4 Å². The third kappa shape index (κ3) is 8.99. The van der Waals surface area contributed by atoms with E-state index in [2.05, 4.69) is 10.6 Å². The molecule has 34 heavy (non-hydrogen) atoms. The maximum atomic E-state index is 14.0. The van der Waals surface area contributed by atoms with Crippen LogP contribution in [-0.2, 0) is 14.3 Å². The van der Waals surface area contributed by atoms with Gasteiger partial charge in [-0.3, -0.25) is 9.59 Å². The Labute approximate surface area is 206 Å². The fraction of sp³-hybridized carbons (Fsp3) is 0.667. The quantitative estimate of drug-likeness (QED) is 0.546. The molecular weight excluding hydrogens is 430 g/mol. The molecule has 0 aliphatic heterocycles. The van der Waals surface area contributed by atoms with Crippen LogP contribution in [-0.4, -0.2) is 46.0 Å². The van der Waals surface area contributed by atoms with Crippen LogP contribution in [0.2, 0.25) is 0 Å². The van der Waals surface area contributed by atoms with Crippen molar-refractivity contribution in [1.29, 1.82) is 0 Å². The van der Waals surface area contributed by atoms with Gasteiger partial charge in [-0.2, -0.15) is 0 Å². The van der Waals surface area contributed by atoms with Gasteiger partial charge in [0.25, 0.3) is 0 Å². The molecule has 3 amide bonds. The van der Waals surface area contributed by atoms with E-state index in [0.29, 0.717) is 6.42 Å². The molecule has 192 valence electrons. The molecule has 0 saturated heterocycles. The number of nitrogens with zero attached hydrogens (tertiary/aromatic N) is 1. The Morgan fingerprint density at radius 2 is 1.50 bits per heavy atom. The second kappa shape index (κ2) is 11.7. The first-order valence-corrected chi connectivity index (χ1v) is 12.2. The summed E-state index contributed by atoms with van der Waals surface area (Å²) in [4.78, 5) is 41.7. The summed E-state index contributed by atoms with van der Waals surface area (Å²) in [6.45, 7) is 20.7. The molecule has 0 aromatic heterocycles. The van der Waals surface area contributed by atoms with E-state index in [1.54, 1.807) is 25.7 Å². The molecule has 3 unspecified atom stereocenters. The smallest absolute Gasteiger partial charge is 0.408 e. The average Bonchev–Trinajstić information content (AvgIpc) is 2.67. The van der Waals surface area contributed by atoms with Crippen LogP contribution >= 0.6 is 0 Å². The lowest BCUT2D eigenvalue weighted by atomic mass is 9.94. The van der Waals surface area contributed by atoms with Gasteiger partial charge < -0.3 is 20.3 Å². The van der Waals surface area contributed by atoms with Crippen molar-refractivity contribution in [3.8, 4) is 0 Å². The normalized spacial score (nSPS) is 14.7. The summed E-state index contributed by atoms with van der Waals surface area (Å²) in [5.41, 5.74) is 0.609. The third-order valence-corrected chi connectivity index (χ3v) is 5.38. The number of aryl methyl sites for hydroxylation is 1. The van der Waals surface area contributed by atoms with E-state index in [4.69, 9.17) is 4.74 Å². The molecule has 7 heteroatoms. The highest BCUT2D eigenvalue weighted by Crippen LogP contribution is 2.27. The van der Waals surface area contributed by atoms with Crippen LogP contribution in [0.5, 0.6) is 0 Å². The lowest BCUT2D eigenvalue weighted by Gasteiger charge is -2.39. The number of carbonyl (C=O) groups is 3. The Kier molecular flexibility index (Phi) is 10.2. The van der Waals surface area contributed by atoms with Crippen LogP contribution in [0.1, 0.15) is 92.8 Å². The maximum Gasteiger partial charge on any atom is 0.408 e. The van der Waals surface area contributed by atoms with Crippen molar-refractivity contribution in [2.24, 2.45) is 5.92 Å². The predicted molar refractivity (Wildman–Crippen MR) is 136 cm³/mol. The van der Waals surface area contributed by atoms with Crippen molar-refractivity contribution >= 4 is 17.9 Å². The Morgan fingerprint density at radius 1 is 0.971 bits per heavy atom. The fourth-order valence-corrected chi connectivity index (χ4v) is 3.58. The Morgan fingerprint density at radius 3 is 1.91 bits per heavy atom. The summed E-state index contributed by atoms with van der Waals surface area (Å²) < 4.78 is 5.42. The highest BCUT2D eigenvalue weighted by Gasteiger charge is 2.40. The predicted octanol–water partition coefficient (Wildman–Crippen LogP) is 5.13. The summed E-state index contributed by atoms with van der Waals surface area (Å²) in [5.74, 6) is -0.742. The van der Waals surface area contributed by atoms with E-state index in [9.17, 15) is 14.4 Å². The first kappa shape index (κ1) is 29.5. The van der Waals surface area contributed by atoms with E-state index < -0.39 is 29.3 Å². The van der Waals surface area contributed by atoms with Gasteiger partial charge in [-0.05, 0) is 73.8 Å². The third-order valence-electron chi connectivity index (χ3n) is 5.38. The average molecular weight is 476 g/mol. The minimum Gasteiger partial charge on any atom is -0.444 e. The molecule has 1 rings (SSSR count). The highest BCUT2D eigenvalue weighted by molar-refractivity contribution is 5.92. The summed E-state index contributed by atoms with van der Waals surface area (Å²) in [6.07, 6.45) is 0.0162. The van der Waals surface area contributed by atoms with Crippen LogP contribution in [0.25, 0.3) is 0 Å². The number of hydrogen-bond acceptors (Lipinski definition) is 4. The van der Waals surface area contributed by atoms with Gasteiger partial charge in [0, 0.05) is 11.6 Å². The molecule has 0 aliphatic carbocycles. The standard InChI is InChI=1S/C27H45N3O4/c1-12-19(5)21(28-25(33)34-27(9,10)11)24(32)30(17(2)3)22(23(31)29-26(6,7)8)20-15-13-18(4)14-16-20/h13-17,19,21-22H,12H2,1-11H3,(H,28,33)(H,29,31). The minimum absolute atomic E-state index is 0.161. The molecule has 3 atom stereocenters. The number of hydrogen-bond donors (Lipinski definition) is 2. The topological polar surface area (TPSA) is 87.7 Å².